The van der Waals surface area contributed by atoms with Gasteiger partial charge in [0.05, 0.1) is 16.5 Å². The Morgan fingerprint density at radius 3 is 2.52 bits per heavy atom. The summed E-state index contributed by atoms with van der Waals surface area (Å²) in [5, 5.41) is 15.7. The number of ether oxygens (including phenoxy) is 1. The number of carboxylic acids is 1. The van der Waals surface area contributed by atoms with E-state index in [9.17, 15) is 9.90 Å². The van der Waals surface area contributed by atoms with Crippen LogP contribution in [-0.4, -0.2) is 21.8 Å². The Kier molecular flexibility index (Phi) is 10.9. The predicted octanol–water partition coefficient (Wildman–Crippen LogP) is 8.27. The highest BCUT2D eigenvalue weighted by atomic mass is 32.1. The number of hydrogen-bond acceptors (Lipinski definition) is 7. The minimum absolute atomic E-state index is 0.252. The van der Waals surface area contributed by atoms with Crippen LogP contribution in [0.4, 0.5) is 0 Å². The SMILES string of the molecule is CCC(CCCCCC(=NOCc1ccc(OCc2nc(-c3cccs3)oc2C)cc1)c1ccccc1)C(=O)O. The third-order valence-corrected chi connectivity index (χ3v) is 7.60. The van der Waals surface area contributed by atoms with Gasteiger partial charge in [-0.3, -0.25) is 4.79 Å². The average molecular weight is 561 g/mol. The number of carboxylic acid groups (broad SMARTS) is 1. The number of aryl methyl sites for hydroxylation is 1. The van der Waals surface area contributed by atoms with Crippen molar-refractivity contribution in [1.82, 2.24) is 4.98 Å². The lowest BCUT2D eigenvalue weighted by atomic mass is 9.97. The van der Waals surface area contributed by atoms with Crippen LogP contribution in [0.25, 0.3) is 10.8 Å². The molecule has 1 unspecified atom stereocenters. The van der Waals surface area contributed by atoms with E-state index in [0.717, 1.165) is 64.6 Å². The van der Waals surface area contributed by atoms with E-state index in [-0.39, 0.29) is 5.92 Å². The van der Waals surface area contributed by atoms with Crippen molar-refractivity contribution in [1.29, 1.82) is 0 Å². The van der Waals surface area contributed by atoms with Gasteiger partial charge in [0.2, 0.25) is 5.89 Å². The summed E-state index contributed by atoms with van der Waals surface area (Å²) in [4.78, 5) is 22.6. The Balaban J connectivity index is 1.26. The van der Waals surface area contributed by atoms with Crippen LogP contribution >= 0.6 is 11.3 Å². The fourth-order valence-electron chi connectivity index (χ4n) is 4.32. The molecule has 2 aromatic carbocycles. The molecular formula is C32H36N2O5S. The molecule has 4 aromatic rings. The number of carbonyl (C=O) groups is 1. The molecule has 2 heterocycles. The minimum Gasteiger partial charge on any atom is -0.487 e. The lowest BCUT2D eigenvalue weighted by molar-refractivity contribution is -0.142. The number of rotatable bonds is 16. The fourth-order valence-corrected chi connectivity index (χ4v) is 4.97. The van der Waals surface area contributed by atoms with E-state index < -0.39 is 5.97 Å². The zero-order chi connectivity index (χ0) is 28.2. The number of oxazole rings is 1. The van der Waals surface area contributed by atoms with Gasteiger partial charge in [0.25, 0.3) is 0 Å². The van der Waals surface area contributed by atoms with Crippen LogP contribution < -0.4 is 4.74 Å². The molecule has 0 saturated heterocycles. The van der Waals surface area contributed by atoms with E-state index in [2.05, 4.69) is 10.1 Å². The number of oxime groups is 1. The molecular weight excluding hydrogens is 524 g/mol. The van der Waals surface area contributed by atoms with Gasteiger partial charge >= 0.3 is 5.97 Å². The standard InChI is InChI=1S/C32H36N2O5S/c1-3-25(32(35)36)11-6-5-9-14-28(26-12-7-4-8-13-26)34-38-21-24-16-18-27(19-17-24)37-22-29-23(2)39-31(33-29)30-15-10-20-40-30/h4,7-8,10,12-13,15-20,25H,3,5-6,9,11,14,21-22H2,1-2H3,(H,35,36). The molecule has 0 amide bonds. The van der Waals surface area contributed by atoms with Crippen molar-refractivity contribution < 1.29 is 23.9 Å². The number of aromatic nitrogens is 1. The quantitative estimate of drug-likeness (QED) is 0.0842. The van der Waals surface area contributed by atoms with Crippen LogP contribution in [0.2, 0.25) is 0 Å². The number of benzene rings is 2. The highest BCUT2D eigenvalue weighted by molar-refractivity contribution is 7.13. The van der Waals surface area contributed by atoms with Gasteiger partial charge in [-0.2, -0.15) is 0 Å². The van der Waals surface area contributed by atoms with E-state index in [4.69, 9.17) is 14.0 Å². The van der Waals surface area contributed by atoms with Crippen molar-refractivity contribution in [3.05, 3.63) is 94.7 Å². The highest BCUT2D eigenvalue weighted by Gasteiger charge is 2.15. The van der Waals surface area contributed by atoms with Gasteiger partial charge in [0, 0.05) is 0 Å². The third-order valence-electron chi connectivity index (χ3n) is 6.74. The zero-order valence-corrected chi connectivity index (χ0v) is 23.9. The Morgan fingerprint density at radius 2 is 1.82 bits per heavy atom. The van der Waals surface area contributed by atoms with Gasteiger partial charge in [-0.15, -0.1) is 11.3 Å². The van der Waals surface area contributed by atoms with E-state index in [0.29, 0.717) is 31.9 Å². The number of unbranched alkanes of at least 4 members (excludes halogenated alkanes) is 2. The smallest absolute Gasteiger partial charge is 0.306 e. The molecule has 0 aliphatic rings. The maximum absolute atomic E-state index is 11.2. The molecule has 1 N–H and O–H groups in total. The fraction of sp³-hybridized carbons (Fsp3) is 0.344. The molecule has 0 radical (unpaired) electrons. The lowest BCUT2D eigenvalue weighted by Crippen LogP contribution is -2.12. The molecule has 0 bridgehead atoms. The van der Waals surface area contributed by atoms with Crippen molar-refractivity contribution in [2.75, 3.05) is 0 Å². The molecule has 4 rings (SSSR count). The van der Waals surface area contributed by atoms with Crippen molar-refractivity contribution in [3.63, 3.8) is 0 Å². The second-order valence-corrected chi connectivity index (χ2v) is 10.6. The zero-order valence-electron chi connectivity index (χ0n) is 23.0. The van der Waals surface area contributed by atoms with E-state index in [1.807, 2.05) is 86.0 Å². The first-order chi connectivity index (χ1) is 19.5. The molecule has 210 valence electrons. The lowest BCUT2D eigenvalue weighted by Gasteiger charge is -2.10. The monoisotopic (exact) mass is 560 g/mol. The summed E-state index contributed by atoms with van der Waals surface area (Å²) in [5.74, 6) is 1.17. The summed E-state index contributed by atoms with van der Waals surface area (Å²) in [6.45, 7) is 4.50. The number of aliphatic carboxylic acids is 1. The van der Waals surface area contributed by atoms with Gasteiger partial charge in [-0.25, -0.2) is 4.98 Å². The predicted molar refractivity (Wildman–Crippen MR) is 158 cm³/mol. The number of nitrogens with zero attached hydrogens (tertiary/aromatic N) is 2. The number of thiophene rings is 1. The molecule has 0 fully saturated rings. The maximum Gasteiger partial charge on any atom is 0.306 e. The van der Waals surface area contributed by atoms with Gasteiger partial charge in [0.15, 0.2) is 0 Å². The van der Waals surface area contributed by atoms with Crippen LogP contribution in [-0.2, 0) is 22.8 Å². The van der Waals surface area contributed by atoms with Crippen LogP contribution in [0.15, 0.2) is 81.7 Å². The van der Waals surface area contributed by atoms with Crippen molar-refractivity contribution in [2.45, 2.75) is 65.6 Å². The third kappa shape index (κ3) is 8.55. The van der Waals surface area contributed by atoms with Gasteiger partial charge in [-0.05, 0) is 67.3 Å². The maximum atomic E-state index is 11.2. The van der Waals surface area contributed by atoms with Crippen LogP contribution in [0, 0.1) is 12.8 Å². The Hall–Kier alpha value is -3.91. The molecule has 0 saturated carbocycles. The molecule has 7 nitrogen and oxygen atoms in total. The molecule has 8 heteroatoms. The largest absolute Gasteiger partial charge is 0.487 e. The van der Waals surface area contributed by atoms with E-state index >= 15 is 0 Å². The summed E-state index contributed by atoms with van der Waals surface area (Å²) >= 11 is 1.59. The van der Waals surface area contributed by atoms with Gasteiger partial charge in [-0.1, -0.05) is 73.5 Å². The Labute approximate surface area is 239 Å². The first-order valence-corrected chi connectivity index (χ1v) is 14.6. The molecule has 0 spiro atoms. The molecule has 0 aliphatic carbocycles. The first-order valence-electron chi connectivity index (χ1n) is 13.7. The van der Waals surface area contributed by atoms with E-state index in [1.54, 1.807) is 11.3 Å². The van der Waals surface area contributed by atoms with Crippen molar-refractivity contribution in [3.8, 4) is 16.5 Å². The van der Waals surface area contributed by atoms with E-state index in [1.165, 1.54) is 0 Å². The van der Waals surface area contributed by atoms with Crippen molar-refractivity contribution in [2.24, 2.45) is 11.1 Å². The van der Waals surface area contributed by atoms with Crippen LogP contribution in [0.3, 0.4) is 0 Å². The topological polar surface area (TPSA) is 94.2 Å². The van der Waals surface area contributed by atoms with Gasteiger partial charge in [0.1, 0.15) is 30.4 Å². The Bertz CT molecular complexity index is 1350. The summed E-state index contributed by atoms with van der Waals surface area (Å²) in [6, 6.07) is 21.8. The van der Waals surface area contributed by atoms with Crippen LogP contribution in [0.5, 0.6) is 5.75 Å². The first kappa shape index (κ1) is 29.1. The molecule has 40 heavy (non-hydrogen) atoms. The highest BCUT2D eigenvalue weighted by Crippen LogP contribution is 2.26. The second-order valence-electron chi connectivity index (χ2n) is 9.65. The molecule has 0 aliphatic heterocycles. The van der Waals surface area contributed by atoms with Gasteiger partial charge < -0.3 is 19.1 Å². The average Bonchev–Trinajstić information content (AvgIpc) is 3.64. The molecule has 2 aromatic heterocycles. The van der Waals surface area contributed by atoms with Crippen molar-refractivity contribution >= 4 is 23.0 Å². The minimum atomic E-state index is -0.699. The summed E-state index contributed by atoms with van der Waals surface area (Å²) in [5.41, 5.74) is 3.70. The summed E-state index contributed by atoms with van der Waals surface area (Å²) < 4.78 is 11.7. The summed E-state index contributed by atoms with van der Waals surface area (Å²) in [7, 11) is 0. The molecule has 1 atom stereocenters. The normalized spacial score (nSPS) is 12.3. The Morgan fingerprint density at radius 1 is 1.02 bits per heavy atom. The summed E-state index contributed by atoms with van der Waals surface area (Å²) in [6.07, 6.45) is 4.95. The number of hydrogen-bond donors (Lipinski definition) is 1. The second kappa shape index (κ2) is 15.0. The van der Waals surface area contributed by atoms with Crippen LogP contribution in [0.1, 0.15) is 68.0 Å².